The lowest BCUT2D eigenvalue weighted by Gasteiger charge is -2.19. The van der Waals surface area contributed by atoms with E-state index in [0.717, 1.165) is 21.7 Å². The first-order valence-electron chi connectivity index (χ1n) is 5.87. The summed E-state index contributed by atoms with van der Waals surface area (Å²) in [6.45, 7) is 3.99. The van der Waals surface area contributed by atoms with Gasteiger partial charge in [0.1, 0.15) is 0 Å². The van der Waals surface area contributed by atoms with Crippen LogP contribution >= 0.6 is 7.37 Å². The number of hydrogen-bond acceptors (Lipinski definition) is 2. The molecule has 18 heavy (non-hydrogen) atoms. The molecule has 0 saturated carbocycles. The molecule has 0 unspecified atom stereocenters. The van der Waals surface area contributed by atoms with Crippen LogP contribution < -0.4 is 10.6 Å². The van der Waals surface area contributed by atoms with Crippen molar-refractivity contribution in [1.29, 1.82) is 0 Å². The molecule has 0 aromatic heterocycles. The average Bonchev–Trinajstić information content (AvgIpc) is 2.39. The summed E-state index contributed by atoms with van der Waals surface area (Å²) in [4.78, 5) is 0. The molecule has 2 nitrogen and oxygen atoms in total. The molecular formula is C15H17O2P. The molecule has 2 aromatic carbocycles. The lowest BCUT2D eigenvalue weighted by molar-refractivity contribution is 0.412. The molecule has 1 atom stereocenters. The van der Waals surface area contributed by atoms with Crippen LogP contribution in [0.4, 0.5) is 0 Å². The zero-order chi connectivity index (χ0) is 13.2. The third kappa shape index (κ3) is 2.27. The van der Waals surface area contributed by atoms with Gasteiger partial charge >= 0.3 is 0 Å². The molecule has 0 radical (unpaired) electrons. The molecule has 94 valence electrons. The molecule has 0 spiro atoms. The predicted octanol–water partition coefficient (Wildman–Crippen LogP) is 3.18. The summed E-state index contributed by atoms with van der Waals surface area (Å²) in [5, 5.41) is 1.52. The topological polar surface area (TPSA) is 26.3 Å². The van der Waals surface area contributed by atoms with Crippen LogP contribution in [0.1, 0.15) is 11.1 Å². The maximum atomic E-state index is 13.1. The summed E-state index contributed by atoms with van der Waals surface area (Å²) in [5.74, 6) is 0. The van der Waals surface area contributed by atoms with E-state index in [1.165, 1.54) is 7.11 Å². The average molecular weight is 260 g/mol. The highest BCUT2D eigenvalue weighted by molar-refractivity contribution is 7.74. The molecule has 0 amide bonds. The van der Waals surface area contributed by atoms with Crippen molar-refractivity contribution in [2.75, 3.05) is 7.11 Å². The van der Waals surface area contributed by atoms with Gasteiger partial charge in [-0.05, 0) is 37.6 Å². The summed E-state index contributed by atoms with van der Waals surface area (Å²) in [6, 6.07) is 15.3. The minimum atomic E-state index is -2.96. The molecule has 3 heteroatoms. The Morgan fingerprint density at radius 3 is 2.22 bits per heavy atom. The predicted molar refractivity (Wildman–Crippen MR) is 76.2 cm³/mol. The van der Waals surface area contributed by atoms with E-state index < -0.39 is 7.37 Å². The molecule has 0 heterocycles. The molecule has 2 rings (SSSR count). The zero-order valence-electron chi connectivity index (χ0n) is 10.9. The maximum Gasteiger partial charge on any atom is 0.261 e. The van der Waals surface area contributed by atoms with Gasteiger partial charge in [0.15, 0.2) is 0 Å². The van der Waals surface area contributed by atoms with Crippen LogP contribution in [0.15, 0.2) is 48.5 Å². The smallest absolute Gasteiger partial charge is 0.261 e. The maximum absolute atomic E-state index is 13.1. The van der Waals surface area contributed by atoms with E-state index >= 15 is 0 Å². The summed E-state index contributed by atoms with van der Waals surface area (Å²) < 4.78 is 18.5. The standard InChI is InChI=1S/C15H17O2P/c1-12-9-10-15(13(2)11-12)18(16,17-3)14-7-5-4-6-8-14/h4-11H,1-3H3/t18-/m1/s1. The van der Waals surface area contributed by atoms with Crippen molar-refractivity contribution in [2.45, 2.75) is 13.8 Å². The van der Waals surface area contributed by atoms with Crippen molar-refractivity contribution >= 4 is 18.0 Å². The van der Waals surface area contributed by atoms with Crippen molar-refractivity contribution in [2.24, 2.45) is 0 Å². The van der Waals surface area contributed by atoms with Crippen molar-refractivity contribution in [3.63, 3.8) is 0 Å². The van der Waals surface area contributed by atoms with E-state index in [9.17, 15) is 4.57 Å². The van der Waals surface area contributed by atoms with Crippen molar-refractivity contribution < 1.29 is 9.09 Å². The van der Waals surface area contributed by atoms with E-state index in [1.807, 2.05) is 62.4 Å². The fraction of sp³-hybridized carbons (Fsp3) is 0.200. The highest BCUT2D eigenvalue weighted by Crippen LogP contribution is 2.44. The Morgan fingerprint density at radius 2 is 1.67 bits per heavy atom. The summed E-state index contributed by atoms with van der Waals surface area (Å²) in [5.41, 5.74) is 2.16. The number of hydrogen-bond donors (Lipinski definition) is 0. The third-order valence-electron chi connectivity index (χ3n) is 3.02. The highest BCUT2D eigenvalue weighted by Gasteiger charge is 2.28. The third-order valence-corrected chi connectivity index (χ3v) is 5.65. The van der Waals surface area contributed by atoms with Gasteiger partial charge in [-0.2, -0.15) is 0 Å². The Hall–Kier alpha value is -1.37. The van der Waals surface area contributed by atoms with Crippen LogP contribution in [-0.4, -0.2) is 7.11 Å². The van der Waals surface area contributed by atoms with Gasteiger partial charge in [-0.15, -0.1) is 0 Å². The highest BCUT2D eigenvalue weighted by atomic mass is 31.2. The Kier molecular flexibility index (Phi) is 3.70. The quantitative estimate of drug-likeness (QED) is 0.792. The Labute approximate surface area is 108 Å². The van der Waals surface area contributed by atoms with Gasteiger partial charge in [-0.1, -0.05) is 35.9 Å². The van der Waals surface area contributed by atoms with Crippen LogP contribution in [0.25, 0.3) is 0 Å². The summed E-state index contributed by atoms with van der Waals surface area (Å²) >= 11 is 0. The van der Waals surface area contributed by atoms with Gasteiger partial charge in [-0.25, -0.2) is 0 Å². The Morgan fingerprint density at radius 1 is 1.00 bits per heavy atom. The van der Waals surface area contributed by atoms with Gasteiger partial charge in [0.05, 0.1) is 0 Å². The lowest BCUT2D eigenvalue weighted by Crippen LogP contribution is -2.19. The number of rotatable bonds is 3. The van der Waals surface area contributed by atoms with Crippen LogP contribution in [0.2, 0.25) is 0 Å². The normalized spacial score (nSPS) is 14.2. The minimum Gasteiger partial charge on any atom is -0.325 e. The van der Waals surface area contributed by atoms with Gasteiger partial charge < -0.3 is 4.52 Å². The van der Waals surface area contributed by atoms with Crippen molar-refractivity contribution in [1.82, 2.24) is 0 Å². The van der Waals surface area contributed by atoms with Crippen molar-refractivity contribution in [3.8, 4) is 0 Å². The molecule has 0 fully saturated rings. The lowest BCUT2D eigenvalue weighted by atomic mass is 10.2. The van der Waals surface area contributed by atoms with Gasteiger partial charge in [0.25, 0.3) is 7.37 Å². The van der Waals surface area contributed by atoms with Crippen LogP contribution in [-0.2, 0) is 9.09 Å². The molecule has 0 aliphatic rings. The molecular weight excluding hydrogens is 243 g/mol. The first-order chi connectivity index (χ1) is 8.58. The minimum absolute atomic E-state index is 0.736. The number of benzene rings is 2. The molecule has 0 bridgehead atoms. The second-order valence-corrected chi connectivity index (χ2v) is 6.83. The van der Waals surface area contributed by atoms with Crippen LogP contribution in [0.3, 0.4) is 0 Å². The molecule has 2 aromatic rings. The second kappa shape index (κ2) is 5.09. The van der Waals surface area contributed by atoms with Crippen LogP contribution in [0.5, 0.6) is 0 Å². The Balaban J connectivity index is 2.61. The fourth-order valence-corrected chi connectivity index (χ4v) is 4.15. The molecule has 0 saturated heterocycles. The van der Waals surface area contributed by atoms with E-state index in [0.29, 0.717) is 0 Å². The van der Waals surface area contributed by atoms with Gasteiger partial charge in [0, 0.05) is 17.7 Å². The van der Waals surface area contributed by atoms with Crippen molar-refractivity contribution in [3.05, 3.63) is 59.7 Å². The fourth-order valence-electron chi connectivity index (χ4n) is 2.10. The Bertz CT molecular complexity index is 591. The zero-order valence-corrected chi connectivity index (χ0v) is 11.8. The summed E-state index contributed by atoms with van der Waals surface area (Å²) in [7, 11) is -1.46. The van der Waals surface area contributed by atoms with Crippen LogP contribution in [0, 0.1) is 13.8 Å². The SMILES string of the molecule is CO[P@](=O)(c1ccccc1)c1ccc(C)cc1C. The second-order valence-electron chi connectivity index (χ2n) is 4.36. The van der Waals surface area contributed by atoms with Gasteiger partial charge in [-0.3, -0.25) is 4.57 Å². The van der Waals surface area contributed by atoms with E-state index in [4.69, 9.17) is 4.52 Å². The molecule has 0 aliphatic heterocycles. The molecule has 0 N–H and O–H groups in total. The summed E-state index contributed by atoms with van der Waals surface area (Å²) in [6.07, 6.45) is 0. The monoisotopic (exact) mass is 260 g/mol. The van der Waals surface area contributed by atoms with E-state index in [1.54, 1.807) is 0 Å². The molecule has 0 aliphatic carbocycles. The first-order valence-corrected chi connectivity index (χ1v) is 7.49. The van der Waals surface area contributed by atoms with E-state index in [2.05, 4.69) is 0 Å². The largest absolute Gasteiger partial charge is 0.325 e. The van der Waals surface area contributed by atoms with Gasteiger partial charge in [0.2, 0.25) is 0 Å². The first kappa shape index (κ1) is 13.1. The number of aryl methyl sites for hydroxylation is 2. The van der Waals surface area contributed by atoms with E-state index in [-0.39, 0.29) is 0 Å².